The van der Waals surface area contributed by atoms with Crippen molar-refractivity contribution in [2.45, 2.75) is 13.8 Å². The van der Waals surface area contributed by atoms with Gasteiger partial charge in [0.2, 0.25) is 0 Å². The molecule has 2 rings (SSSR count). The molecule has 18 heavy (non-hydrogen) atoms. The lowest BCUT2D eigenvalue weighted by atomic mass is 10.2. The van der Waals surface area contributed by atoms with Crippen LogP contribution in [-0.2, 0) is 0 Å². The highest BCUT2D eigenvalue weighted by Gasteiger charge is 2.12. The molecule has 2 aromatic heterocycles. The fourth-order valence-corrected chi connectivity index (χ4v) is 1.53. The number of pyridine rings is 1. The SMILES string of the molecule is CCNc1cnccc1C(=O)Nc1cc(C)on1. The Hall–Kier alpha value is -2.37. The van der Waals surface area contributed by atoms with Crippen LogP contribution in [0.15, 0.2) is 29.0 Å². The van der Waals surface area contributed by atoms with Crippen LogP contribution in [0.1, 0.15) is 23.0 Å². The second kappa shape index (κ2) is 5.31. The molecule has 0 spiro atoms. The minimum atomic E-state index is -0.248. The molecule has 0 bridgehead atoms. The molecule has 0 unspecified atom stereocenters. The highest BCUT2D eigenvalue weighted by Crippen LogP contribution is 2.15. The molecule has 0 aliphatic heterocycles. The summed E-state index contributed by atoms with van der Waals surface area (Å²) in [7, 11) is 0. The Morgan fingerprint density at radius 3 is 3.00 bits per heavy atom. The number of anilines is 2. The third kappa shape index (κ3) is 2.65. The number of hydrogen-bond donors (Lipinski definition) is 2. The number of rotatable bonds is 4. The highest BCUT2D eigenvalue weighted by molar-refractivity contribution is 6.07. The van der Waals surface area contributed by atoms with E-state index in [9.17, 15) is 4.79 Å². The van der Waals surface area contributed by atoms with Gasteiger partial charge in [-0.25, -0.2) is 0 Å². The summed E-state index contributed by atoms with van der Waals surface area (Å²) in [5.41, 5.74) is 1.21. The molecule has 0 saturated heterocycles. The first kappa shape index (κ1) is 12.1. The van der Waals surface area contributed by atoms with E-state index in [4.69, 9.17) is 4.52 Å². The molecule has 2 N–H and O–H groups in total. The smallest absolute Gasteiger partial charge is 0.259 e. The Labute approximate surface area is 104 Å². The summed E-state index contributed by atoms with van der Waals surface area (Å²) in [6.07, 6.45) is 3.19. The number of hydrogen-bond acceptors (Lipinski definition) is 5. The maximum absolute atomic E-state index is 12.1. The Kier molecular flexibility index (Phi) is 3.57. The molecule has 0 radical (unpaired) electrons. The second-order valence-electron chi connectivity index (χ2n) is 3.73. The van der Waals surface area contributed by atoms with Crippen LogP contribution in [0.4, 0.5) is 11.5 Å². The van der Waals surface area contributed by atoms with Crippen molar-refractivity contribution in [2.24, 2.45) is 0 Å². The van der Waals surface area contributed by atoms with E-state index in [0.717, 1.165) is 6.54 Å². The van der Waals surface area contributed by atoms with Crippen LogP contribution in [0.25, 0.3) is 0 Å². The molecule has 6 nitrogen and oxygen atoms in total. The van der Waals surface area contributed by atoms with E-state index in [1.54, 1.807) is 31.5 Å². The fraction of sp³-hybridized carbons (Fsp3) is 0.250. The molecule has 94 valence electrons. The fourth-order valence-electron chi connectivity index (χ4n) is 1.53. The van der Waals surface area contributed by atoms with Gasteiger partial charge in [-0.05, 0) is 19.9 Å². The van der Waals surface area contributed by atoms with Gasteiger partial charge in [0.1, 0.15) is 5.76 Å². The molecule has 0 aromatic carbocycles. The molecular weight excluding hydrogens is 232 g/mol. The summed E-state index contributed by atoms with van der Waals surface area (Å²) in [5.74, 6) is 0.797. The lowest BCUT2D eigenvalue weighted by Gasteiger charge is -2.08. The number of carbonyl (C=O) groups is 1. The van der Waals surface area contributed by atoms with Gasteiger partial charge in [0.25, 0.3) is 5.91 Å². The maximum atomic E-state index is 12.1. The maximum Gasteiger partial charge on any atom is 0.259 e. The third-order valence-electron chi connectivity index (χ3n) is 2.30. The van der Waals surface area contributed by atoms with Crippen molar-refractivity contribution in [1.82, 2.24) is 10.1 Å². The van der Waals surface area contributed by atoms with Crippen LogP contribution in [-0.4, -0.2) is 22.6 Å². The van der Waals surface area contributed by atoms with Crippen LogP contribution in [0.2, 0.25) is 0 Å². The monoisotopic (exact) mass is 246 g/mol. The van der Waals surface area contributed by atoms with E-state index in [-0.39, 0.29) is 5.91 Å². The van der Waals surface area contributed by atoms with Gasteiger partial charge in [-0.1, -0.05) is 5.16 Å². The average Bonchev–Trinajstić information content (AvgIpc) is 2.76. The molecule has 0 aliphatic rings. The predicted molar refractivity (Wildman–Crippen MR) is 67.6 cm³/mol. The molecule has 0 fully saturated rings. The van der Waals surface area contributed by atoms with Crippen molar-refractivity contribution in [3.05, 3.63) is 35.9 Å². The van der Waals surface area contributed by atoms with Gasteiger partial charge in [-0.2, -0.15) is 0 Å². The molecule has 6 heteroatoms. The van der Waals surface area contributed by atoms with Gasteiger partial charge in [0.15, 0.2) is 5.82 Å². The van der Waals surface area contributed by atoms with E-state index in [0.29, 0.717) is 22.8 Å². The Balaban J connectivity index is 2.18. The van der Waals surface area contributed by atoms with Crippen molar-refractivity contribution in [3.63, 3.8) is 0 Å². The van der Waals surface area contributed by atoms with Crippen LogP contribution < -0.4 is 10.6 Å². The normalized spacial score (nSPS) is 10.1. The van der Waals surface area contributed by atoms with Crippen molar-refractivity contribution in [3.8, 4) is 0 Å². The summed E-state index contributed by atoms with van der Waals surface area (Å²) >= 11 is 0. The Morgan fingerprint density at radius 1 is 1.50 bits per heavy atom. The summed E-state index contributed by atoms with van der Waals surface area (Å²) in [4.78, 5) is 16.0. The molecular formula is C12H14N4O2. The number of nitrogens with one attached hydrogen (secondary N) is 2. The topological polar surface area (TPSA) is 80.0 Å². The van der Waals surface area contributed by atoms with Crippen molar-refractivity contribution >= 4 is 17.4 Å². The lowest BCUT2D eigenvalue weighted by Crippen LogP contribution is -2.15. The zero-order chi connectivity index (χ0) is 13.0. The quantitative estimate of drug-likeness (QED) is 0.863. The minimum absolute atomic E-state index is 0.248. The molecule has 2 heterocycles. The molecule has 2 aromatic rings. The highest BCUT2D eigenvalue weighted by atomic mass is 16.5. The average molecular weight is 246 g/mol. The predicted octanol–water partition coefficient (Wildman–Crippen LogP) is 2.06. The van der Waals surface area contributed by atoms with Crippen molar-refractivity contribution in [2.75, 3.05) is 17.2 Å². The van der Waals surface area contributed by atoms with E-state index in [1.807, 2.05) is 6.92 Å². The van der Waals surface area contributed by atoms with E-state index in [1.165, 1.54) is 0 Å². The van der Waals surface area contributed by atoms with Crippen LogP contribution in [0.3, 0.4) is 0 Å². The third-order valence-corrected chi connectivity index (χ3v) is 2.30. The largest absolute Gasteiger partial charge is 0.383 e. The van der Waals surface area contributed by atoms with Gasteiger partial charge in [0, 0.05) is 18.8 Å². The van der Waals surface area contributed by atoms with E-state index in [2.05, 4.69) is 20.8 Å². The molecule has 1 amide bonds. The van der Waals surface area contributed by atoms with Gasteiger partial charge in [0.05, 0.1) is 17.4 Å². The van der Waals surface area contributed by atoms with Gasteiger partial charge in [-0.15, -0.1) is 0 Å². The van der Waals surface area contributed by atoms with E-state index < -0.39 is 0 Å². The molecule has 0 aliphatic carbocycles. The minimum Gasteiger partial charge on any atom is -0.383 e. The van der Waals surface area contributed by atoms with E-state index >= 15 is 0 Å². The molecule has 0 saturated carbocycles. The first-order valence-electron chi connectivity index (χ1n) is 5.63. The van der Waals surface area contributed by atoms with Crippen molar-refractivity contribution < 1.29 is 9.32 Å². The Bertz CT molecular complexity index is 551. The zero-order valence-electron chi connectivity index (χ0n) is 10.2. The number of aromatic nitrogens is 2. The lowest BCUT2D eigenvalue weighted by molar-refractivity contribution is 0.102. The van der Waals surface area contributed by atoms with Crippen LogP contribution in [0, 0.1) is 6.92 Å². The summed E-state index contributed by atoms with van der Waals surface area (Å²) in [6, 6.07) is 3.31. The number of nitrogens with zero attached hydrogens (tertiary/aromatic N) is 2. The summed E-state index contributed by atoms with van der Waals surface area (Å²) in [6.45, 7) is 4.43. The van der Waals surface area contributed by atoms with Crippen molar-refractivity contribution in [1.29, 1.82) is 0 Å². The van der Waals surface area contributed by atoms with Gasteiger partial charge in [-0.3, -0.25) is 9.78 Å². The number of carbonyl (C=O) groups excluding carboxylic acids is 1. The number of aryl methyl sites for hydroxylation is 1. The van der Waals surface area contributed by atoms with Gasteiger partial charge >= 0.3 is 0 Å². The number of amides is 1. The summed E-state index contributed by atoms with van der Waals surface area (Å²) < 4.78 is 4.89. The Morgan fingerprint density at radius 2 is 2.33 bits per heavy atom. The second-order valence-corrected chi connectivity index (χ2v) is 3.73. The first-order valence-corrected chi connectivity index (χ1v) is 5.63. The van der Waals surface area contributed by atoms with Crippen LogP contribution in [0.5, 0.6) is 0 Å². The van der Waals surface area contributed by atoms with Gasteiger partial charge < -0.3 is 15.2 Å². The zero-order valence-corrected chi connectivity index (χ0v) is 10.2. The standard InChI is InChI=1S/C12H14N4O2/c1-3-14-10-7-13-5-4-9(10)12(17)15-11-6-8(2)18-16-11/h4-7,14H,3H2,1-2H3,(H,15,16,17). The van der Waals surface area contributed by atoms with Crippen LogP contribution >= 0.6 is 0 Å². The summed E-state index contributed by atoms with van der Waals surface area (Å²) in [5, 5.41) is 9.46. The first-order chi connectivity index (χ1) is 8.70. The molecule has 0 atom stereocenters.